The molecule has 25 heavy (non-hydrogen) atoms. The molecule has 2 saturated heterocycles. The fourth-order valence-electron chi connectivity index (χ4n) is 4.30. The topological polar surface area (TPSA) is 53.5 Å². The quantitative estimate of drug-likeness (QED) is 0.804. The molecule has 130 valence electrons. The number of piperidine rings is 2. The zero-order valence-corrected chi connectivity index (χ0v) is 14.6. The molecule has 1 aromatic carbocycles. The van der Waals surface area contributed by atoms with Gasteiger partial charge in [-0.1, -0.05) is 18.2 Å². The number of amides is 2. The highest BCUT2D eigenvalue weighted by atomic mass is 16.2. The summed E-state index contributed by atoms with van der Waals surface area (Å²) in [5.74, 6) is 0.219. The van der Waals surface area contributed by atoms with Gasteiger partial charge in [-0.05, 0) is 37.8 Å². The lowest BCUT2D eigenvalue weighted by Gasteiger charge is -2.50. The van der Waals surface area contributed by atoms with Crippen LogP contribution in [-0.2, 0) is 4.79 Å². The van der Waals surface area contributed by atoms with E-state index in [4.69, 9.17) is 0 Å². The first-order chi connectivity index (χ1) is 12.1. The average Bonchev–Trinajstić information content (AvgIpc) is 2.65. The lowest BCUT2D eigenvalue weighted by Crippen LogP contribution is -2.61. The van der Waals surface area contributed by atoms with Gasteiger partial charge in [0.15, 0.2) is 0 Å². The van der Waals surface area contributed by atoms with Crippen LogP contribution < -0.4 is 0 Å². The summed E-state index contributed by atoms with van der Waals surface area (Å²) in [6, 6.07) is 9.74. The van der Waals surface area contributed by atoms with Crippen molar-refractivity contribution in [3.05, 3.63) is 42.1 Å². The summed E-state index contributed by atoms with van der Waals surface area (Å²) in [5.41, 5.74) is 1.33. The zero-order chi connectivity index (χ0) is 17.4. The third-order valence-electron chi connectivity index (χ3n) is 5.80. The molecule has 0 saturated carbocycles. The molecular weight excluding hydrogens is 314 g/mol. The van der Waals surface area contributed by atoms with Crippen LogP contribution in [0.2, 0.25) is 0 Å². The van der Waals surface area contributed by atoms with Gasteiger partial charge >= 0.3 is 0 Å². The Morgan fingerprint density at radius 1 is 1.20 bits per heavy atom. The van der Waals surface area contributed by atoms with Crippen molar-refractivity contribution in [1.29, 1.82) is 0 Å². The number of benzene rings is 1. The van der Waals surface area contributed by atoms with Gasteiger partial charge in [0.05, 0.1) is 16.6 Å². The first-order valence-corrected chi connectivity index (χ1v) is 9.00. The number of rotatable bonds is 1. The number of pyridine rings is 1. The molecule has 0 N–H and O–H groups in total. The van der Waals surface area contributed by atoms with Crippen LogP contribution in [0, 0.1) is 0 Å². The van der Waals surface area contributed by atoms with Gasteiger partial charge in [0.2, 0.25) is 5.91 Å². The molecule has 1 atom stereocenters. The van der Waals surface area contributed by atoms with E-state index in [9.17, 15) is 9.59 Å². The van der Waals surface area contributed by atoms with Crippen molar-refractivity contribution >= 4 is 22.7 Å². The standard InChI is InChI=1S/C20H23N3O2/c1-22-18(24)8-4-9-20(22)10-5-11-23(14-20)19(25)16-12-15-6-2-3-7-17(15)21-13-16/h2-3,6-7,12-13H,4-5,8-11,14H2,1H3/t20-/m1/s1. The molecule has 3 heterocycles. The van der Waals surface area contributed by atoms with Gasteiger partial charge in [0.1, 0.15) is 0 Å². The molecule has 2 fully saturated rings. The molecule has 0 aliphatic carbocycles. The second-order valence-corrected chi connectivity index (χ2v) is 7.28. The summed E-state index contributed by atoms with van der Waals surface area (Å²) in [6.45, 7) is 1.37. The third kappa shape index (κ3) is 2.77. The Bertz CT molecular complexity index is 831. The maximum atomic E-state index is 13.0. The Balaban J connectivity index is 1.59. The number of likely N-dealkylation sites (tertiary alicyclic amines) is 2. The van der Waals surface area contributed by atoms with Crippen molar-refractivity contribution in [2.45, 2.75) is 37.6 Å². The zero-order valence-electron chi connectivity index (χ0n) is 14.6. The van der Waals surface area contributed by atoms with E-state index < -0.39 is 0 Å². The fraction of sp³-hybridized carbons (Fsp3) is 0.450. The molecule has 0 bridgehead atoms. The molecule has 1 aromatic heterocycles. The molecule has 5 heteroatoms. The van der Waals surface area contributed by atoms with Gasteiger partial charge in [0, 0.05) is 38.1 Å². The van der Waals surface area contributed by atoms with Gasteiger partial charge in [-0.15, -0.1) is 0 Å². The monoisotopic (exact) mass is 337 g/mol. The summed E-state index contributed by atoms with van der Waals surface area (Å²) < 4.78 is 0. The van der Waals surface area contributed by atoms with Crippen LogP contribution >= 0.6 is 0 Å². The number of aromatic nitrogens is 1. The summed E-state index contributed by atoms with van der Waals surface area (Å²) in [5, 5.41) is 0.977. The van der Waals surface area contributed by atoms with E-state index in [2.05, 4.69) is 4.98 Å². The number of fused-ring (bicyclic) bond motifs is 1. The minimum Gasteiger partial charge on any atom is -0.338 e. The second kappa shape index (κ2) is 6.14. The van der Waals surface area contributed by atoms with E-state index in [0.717, 1.165) is 43.1 Å². The van der Waals surface area contributed by atoms with Crippen LogP contribution in [0.15, 0.2) is 36.5 Å². The Morgan fingerprint density at radius 3 is 2.88 bits per heavy atom. The lowest BCUT2D eigenvalue weighted by atomic mass is 9.80. The highest BCUT2D eigenvalue weighted by Gasteiger charge is 2.44. The van der Waals surface area contributed by atoms with E-state index >= 15 is 0 Å². The van der Waals surface area contributed by atoms with Gasteiger partial charge in [-0.2, -0.15) is 0 Å². The summed E-state index contributed by atoms with van der Waals surface area (Å²) in [6.07, 6.45) is 6.11. The molecule has 0 radical (unpaired) electrons. The van der Waals surface area contributed by atoms with Crippen molar-refractivity contribution in [3.63, 3.8) is 0 Å². The number of hydrogen-bond acceptors (Lipinski definition) is 3. The second-order valence-electron chi connectivity index (χ2n) is 7.28. The van der Waals surface area contributed by atoms with Crippen molar-refractivity contribution in [2.24, 2.45) is 0 Å². The molecule has 2 amide bonds. The van der Waals surface area contributed by atoms with E-state index in [1.54, 1.807) is 6.20 Å². The van der Waals surface area contributed by atoms with Gasteiger partial charge in [-0.25, -0.2) is 0 Å². The molecule has 2 aliphatic heterocycles. The van der Waals surface area contributed by atoms with Crippen LogP contribution in [0.25, 0.3) is 10.9 Å². The number of carbonyl (C=O) groups excluding carboxylic acids is 2. The van der Waals surface area contributed by atoms with Crippen LogP contribution in [0.5, 0.6) is 0 Å². The smallest absolute Gasteiger partial charge is 0.255 e. The van der Waals surface area contributed by atoms with Crippen LogP contribution in [0.4, 0.5) is 0 Å². The molecule has 2 aliphatic rings. The average molecular weight is 337 g/mol. The van der Waals surface area contributed by atoms with Gasteiger partial charge < -0.3 is 9.80 Å². The first-order valence-electron chi connectivity index (χ1n) is 9.00. The summed E-state index contributed by atoms with van der Waals surface area (Å²) in [7, 11) is 1.90. The largest absolute Gasteiger partial charge is 0.338 e. The van der Waals surface area contributed by atoms with Crippen LogP contribution in [0.1, 0.15) is 42.5 Å². The van der Waals surface area contributed by atoms with E-state index in [-0.39, 0.29) is 17.4 Å². The number of likely N-dealkylation sites (N-methyl/N-ethyl adjacent to an activating group) is 1. The Kier molecular flexibility index (Phi) is 3.94. The Hall–Kier alpha value is -2.43. The number of hydrogen-bond donors (Lipinski definition) is 0. The van der Waals surface area contributed by atoms with E-state index in [0.29, 0.717) is 18.5 Å². The van der Waals surface area contributed by atoms with Crippen LogP contribution in [0.3, 0.4) is 0 Å². The molecule has 4 rings (SSSR count). The predicted octanol–water partition coefficient (Wildman–Crippen LogP) is 2.85. The summed E-state index contributed by atoms with van der Waals surface area (Å²) in [4.78, 5) is 33.4. The molecule has 5 nitrogen and oxygen atoms in total. The van der Waals surface area contributed by atoms with Crippen molar-refractivity contribution < 1.29 is 9.59 Å². The van der Waals surface area contributed by atoms with E-state index in [1.807, 2.05) is 47.2 Å². The van der Waals surface area contributed by atoms with Crippen molar-refractivity contribution in [1.82, 2.24) is 14.8 Å². The third-order valence-corrected chi connectivity index (χ3v) is 5.80. The van der Waals surface area contributed by atoms with Gasteiger partial charge in [-0.3, -0.25) is 14.6 Å². The number of carbonyl (C=O) groups is 2. The minimum absolute atomic E-state index is 0.0174. The molecular formula is C20H23N3O2. The summed E-state index contributed by atoms with van der Waals surface area (Å²) >= 11 is 0. The molecule has 1 spiro atoms. The first kappa shape index (κ1) is 16.1. The Morgan fingerprint density at radius 2 is 2.00 bits per heavy atom. The SMILES string of the molecule is CN1C(=O)CCC[C@]12CCCN(C(=O)c1cnc3ccccc3c1)C2. The number of nitrogens with zero attached hydrogens (tertiary/aromatic N) is 3. The van der Waals surface area contributed by atoms with Crippen LogP contribution in [-0.4, -0.2) is 52.3 Å². The fourth-order valence-corrected chi connectivity index (χ4v) is 4.30. The minimum atomic E-state index is -0.187. The van der Waals surface area contributed by atoms with Crippen molar-refractivity contribution in [3.8, 4) is 0 Å². The normalized spacial score (nSPS) is 24.1. The highest BCUT2D eigenvalue weighted by molar-refractivity contribution is 5.97. The van der Waals surface area contributed by atoms with Crippen molar-refractivity contribution in [2.75, 3.05) is 20.1 Å². The highest BCUT2D eigenvalue weighted by Crippen LogP contribution is 2.36. The molecule has 0 unspecified atom stereocenters. The molecule has 2 aromatic rings. The predicted molar refractivity (Wildman–Crippen MR) is 96.2 cm³/mol. The Labute approximate surface area is 147 Å². The maximum absolute atomic E-state index is 13.0. The van der Waals surface area contributed by atoms with Gasteiger partial charge in [0.25, 0.3) is 5.91 Å². The lowest BCUT2D eigenvalue weighted by molar-refractivity contribution is -0.142. The number of para-hydroxylation sites is 1. The maximum Gasteiger partial charge on any atom is 0.255 e. The van der Waals surface area contributed by atoms with E-state index in [1.165, 1.54) is 0 Å².